The molecule has 2 rings (SSSR count). The summed E-state index contributed by atoms with van der Waals surface area (Å²) in [5.74, 6) is 0.0546. The van der Waals surface area contributed by atoms with E-state index in [1.54, 1.807) is 13.0 Å². The van der Waals surface area contributed by atoms with Crippen LogP contribution in [-0.2, 0) is 16.0 Å². The predicted molar refractivity (Wildman–Crippen MR) is 59.6 cm³/mol. The van der Waals surface area contributed by atoms with Crippen molar-refractivity contribution in [2.24, 2.45) is 0 Å². The minimum absolute atomic E-state index is 0.0134. The molecule has 0 saturated heterocycles. The first kappa shape index (κ1) is 11.7. The van der Waals surface area contributed by atoms with Gasteiger partial charge >= 0.3 is 5.97 Å². The van der Waals surface area contributed by atoms with Crippen LogP contribution in [0.2, 0.25) is 5.35 Å². The smallest absolute Gasteiger partial charge is 0.312 e. The Morgan fingerprint density at radius 3 is 3.06 bits per heavy atom. The lowest BCUT2D eigenvalue weighted by atomic mass is 10.2. The van der Waals surface area contributed by atoms with Crippen LogP contribution in [0.25, 0.3) is 11.3 Å². The molecule has 6 heteroatoms. The second-order valence-electron chi connectivity index (χ2n) is 3.24. The fourth-order valence-corrected chi connectivity index (χ4v) is 1.59. The number of hydrogen-bond acceptors (Lipinski definition) is 5. The maximum atomic E-state index is 11.4. The first-order valence-corrected chi connectivity index (χ1v) is 5.42. The number of carbonyl (C=O) groups excluding carboxylic acids is 1. The lowest BCUT2D eigenvalue weighted by Gasteiger charge is -1.99. The highest BCUT2D eigenvalue weighted by atomic mass is 35.5. The van der Waals surface area contributed by atoms with Crippen molar-refractivity contribution >= 4 is 17.6 Å². The summed E-state index contributed by atoms with van der Waals surface area (Å²) in [5.41, 5.74) is 1.12. The van der Waals surface area contributed by atoms with Crippen LogP contribution >= 0.6 is 11.6 Å². The van der Waals surface area contributed by atoms with Gasteiger partial charge in [-0.2, -0.15) is 0 Å². The molecule has 0 spiro atoms. The van der Waals surface area contributed by atoms with Crippen LogP contribution in [-0.4, -0.2) is 17.6 Å². The average molecular weight is 256 g/mol. The van der Waals surface area contributed by atoms with Gasteiger partial charge in [-0.05, 0) is 24.6 Å². The molecule has 2 aromatic heterocycles. The summed E-state index contributed by atoms with van der Waals surface area (Å²) in [6.07, 6.45) is 3.01. The van der Waals surface area contributed by atoms with Crippen LogP contribution < -0.4 is 0 Å². The van der Waals surface area contributed by atoms with Crippen molar-refractivity contribution in [1.29, 1.82) is 0 Å². The second-order valence-corrected chi connectivity index (χ2v) is 3.56. The van der Waals surface area contributed by atoms with Crippen molar-refractivity contribution in [2.75, 3.05) is 6.61 Å². The van der Waals surface area contributed by atoms with E-state index in [9.17, 15) is 4.79 Å². The third-order valence-corrected chi connectivity index (χ3v) is 2.23. The lowest BCUT2D eigenvalue weighted by molar-refractivity contribution is -0.142. The molecule has 0 aliphatic carbocycles. The molecule has 0 radical (unpaired) electrons. The van der Waals surface area contributed by atoms with Gasteiger partial charge in [0.1, 0.15) is 6.26 Å². The van der Waals surface area contributed by atoms with Crippen LogP contribution in [0.5, 0.6) is 0 Å². The minimum Gasteiger partial charge on any atom is -0.472 e. The molecule has 90 valence electrons. The average Bonchev–Trinajstić information content (AvgIpc) is 2.87. The Morgan fingerprint density at radius 2 is 2.41 bits per heavy atom. The highest BCUT2D eigenvalue weighted by molar-refractivity contribution is 6.27. The van der Waals surface area contributed by atoms with Crippen LogP contribution in [0.15, 0.2) is 27.4 Å². The van der Waals surface area contributed by atoms with Crippen LogP contribution in [0.4, 0.5) is 0 Å². The van der Waals surface area contributed by atoms with Gasteiger partial charge in [0, 0.05) is 0 Å². The van der Waals surface area contributed by atoms with E-state index in [0.29, 0.717) is 23.6 Å². The van der Waals surface area contributed by atoms with Crippen molar-refractivity contribution < 1.29 is 18.4 Å². The molecule has 0 N–H and O–H groups in total. The molecule has 0 bridgehead atoms. The van der Waals surface area contributed by atoms with Crippen LogP contribution in [0.3, 0.4) is 0 Å². The van der Waals surface area contributed by atoms with Gasteiger partial charge < -0.3 is 13.6 Å². The fraction of sp³-hybridized carbons (Fsp3) is 0.273. The summed E-state index contributed by atoms with van der Waals surface area (Å²) in [6, 6.07) is 1.70. The first-order valence-electron chi connectivity index (χ1n) is 5.04. The molecule has 17 heavy (non-hydrogen) atoms. The van der Waals surface area contributed by atoms with Crippen LogP contribution in [0.1, 0.15) is 12.6 Å². The maximum Gasteiger partial charge on any atom is 0.312 e. The van der Waals surface area contributed by atoms with E-state index < -0.39 is 0 Å². The van der Waals surface area contributed by atoms with E-state index in [0.717, 1.165) is 0 Å². The molecule has 0 amide bonds. The van der Waals surface area contributed by atoms with E-state index in [2.05, 4.69) is 4.98 Å². The number of nitrogens with zero attached hydrogens (tertiary/aromatic N) is 1. The SMILES string of the molecule is CCOC(=O)Cc1nc(Cl)oc1-c1ccoc1. The zero-order valence-corrected chi connectivity index (χ0v) is 9.86. The molecular formula is C11H10ClNO4. The molecule has 0 unspecified atom stereocenters. The Labute approximate surface area is 102 Å². The lowest BCUT2D eigenvalue weighted by Crippen LogP contribution is -2.08. The topological polar surface area (TPSA) is 65.5 Å². The number of hydrogen-bond donors (Lipinski definition) is 0. The fourth-order valence-electron chi connectivity index (χ4n) is 1.41. The largest absolute Gasteiger partial charge is 0.472 e. The number of aromatic nitrogens is 1. The summed E-state index contributed by atoms with van der Waals surface area (Å²) >= 11 is 5.68. The summed E-state index contributed by atoms with van der Waals surface area (Å²) in [6.45, 7) is 2.07. The van der Waals surface area contributed by atoms with Gasteiger partial charge in [-0.3, -0.25) is 4.79 Å². The Hall–Kier alpha value is -1.75. The number of furan rings is 1. The van der Waals surface area contributed by atoms with Gasteiger partial charge in [0.05, 0.1) is 30.5 Å². The molecule has 0 aliphatic heterocycles. The summed E-state index contributed by atoms with van der Waals surface area (Å²) in [5, 5.41) is -0.0134. The molecule has 0 aliphatic rings. The van der Waals surface area contributed by atoms with E-state index >= 15 is 0 Å². The van der Waals surface area contributed by atoms with Crippen molar-refractivity contribution in [3.63, 3.8) is 0 Å². The van der Waals surface area contributed by atoms with Gasteiger partial charge in [0.2, 0.25) is 0 Å². The normalized spacial score (nSPS) is 10.5. The molecule has 0 saturated carbocycles. The molecule has 2 aromatic rings. The van der Waals surface area contributed by atoms with Crippen molar-refractivity contribution in [1.82, 2.24) is 4.98 Å². The van der Waals surface area contributed by atoms with Gasteiger partial charge in [-0.25, -0.2) is 4.98 Å². The van der Waals surface area contributed by atoms with E-state index in [1.165, 1.54) is 12.5 Å². The highest BCUT2D eigenvalue weighted by Gasteiger charge is 2.18. The van der Waals surface area contributed by atoms with Gasteiger partial charge in [-0.15, -0.1) is 0 Å². The Balaban J connectivity index is 2.25. The summed E-state index contributed by atoms with van der Waals surface area (Å²) in [7, 11) is 0. The number of oxazole rings is 1. The molecule has 0 aromatic carbocycles. The highest BCUT2D eigenvalue weighted by Crippen LogP contribution is 2.27. The van der Waals surface area contributed by atoms with Gasteiger partial charge in [-0.1, -0.05) is 0 Å². The quantitative estimate of drug-likeness (QED) is 0.786. The van der Waals surface area contributed by atoms with Gasteiger partial charge in [0.25, 0.3) is 5.35 Å². The number of carbonyl (C=O) groups is 1. The van der Waals surface area contributed by atoms with E-state index in [1.807, 2.05) is 0 Å². The minimum atomic E-state index is -0.373. The number of rotatable bonds is 4. The zero-order valence-electron chi connectivity index (χ0n) is 9.10. The summed E-state index contributed by atoms with van der Waals surface area (Å²) in [4.78, 5) is 15.3. The van der Waals surface area contributed by atoms with Gasteiger partial charge in [0.15, 0.2) is 5.76 Å². The summed E-state index contributed by atoms with van der Waals surface area (Å²) < 4.78 is 15.0. The predicted octanol–water partition coefficient (Wildman–Crippen LogP) is 2.69. The molecule has 0 atom stereocenters. The van der Waals surface area contributed by atoms with Crippen molar-refractivity contribution in [2.45, 2.75) is 13.3 Å². The molecule has 0 fully saturated rings. The van der Waals surface area contributed by atoms with E-state index in [4.69, 9.17) is 25.2 Å². The Kier molecular flexibility index (Phi) is 3.49. The van der Waals surface area contributed by atoms with E-state index in [-0.39, 0.29) is 17.7 Å². The number of ether oxygens (including phenoxy) is 1. The molecular weight excluding hydrogens is 246 g/mol. The monoisotopic (exact) mass is 255 g/mol. The third-order valence-electron chi connectivity index (χ3n) is 2.07. The second kappa shape index (κ2) is 5.05. The zero-order chi connectivity index (χ0) is 12.3. The standard InChI is InChI=1S/C11H10ClNO4/c1-2-16-9(14)5-8-10(17-11(12)13-8)7-3-4-15-6-7/h3-4,6H,2,5H2,1H3. The van der Waals surface area contributed by atoms with Crippen molar-refractivity contribution in [3.05, 3.63) is 29.6 Å². The number of esters is 1. The number of halogens is 1. The maximum absolute atomic E-state index is 11.4. The first-order chi connectivity index (χ1) is 8.20. The molecule has 2 heterocycles. The van der Waals surface area contributed by atoms with Crippen molar-refractivity contribution in [3.8, 4) is 11.3 Å². The Morgan fingerprint density at radius 1 is 1.59 bits per heavy atom. The molecule has 5 nitrogen and oxygen atoms in total. The van der Waals surface area contributed by atoms with Crippen LogP contribution in [0, 0.1) is 0 Å². The Bertz CT molecular complexity index is 504. The third kappa shape index (κ3) is 2.68.